The summed E-state index contributed by atoms with van der Waals surface area (Å²) in [6.07, 6.45) is 0. The second kappa shape index (κ2) is 5.50. The Bertz CT molecular complexity index is 355. The number of benzene rings is 1. The van der Waals surface area contributed by atoms with Gasteiger partial charge in [0.25, 0.3) is 0 Å². The largest absolute Gasteiger partial charge is 0.297 e. The zero-order chi connectivity index (χ0) is 10.7. The molecule has 1 aromatic rings. The molecule has 0 saturated carbocycles. The number of carbonyl (C=O) groups excluding carboxylic acids is 1. The summed E-state index contributed by atoms with van der Waals surface area (Å²) in [6, 6.07) is 5.07. The highest BCUT2D eigenvalue weighted by Gasteiger charge is 2.18. The van der Waals surface area contributed by atoms with Gasteiger partial charge in [0.2, 0.25) is 0 Å². The van der Waals surface area contributed by atoms with Crippen LogP contribution in [0.3, 0.4) is 0 Å². The number of hydrogen-bond acceptors (Lipinski definition) is 1. The third-order valence-electron chi connectivity index (χ3n) is 1.65. The van der Waals surface area contributed by atoms with Gasteiger partial charge in [0.1, 0.15) is 4.83 Å². The zero-order valence-electron chi connectivity index (χ0n) is 6.94. The highest BCUT2D eigenvalue weighted by Crippen LogP contribution is 2.32. The van der Waals surface area contributed by atoms with Crippen LogP contribution in [0, 0.1) is 0 Å². The number of Topliss-reactive ketones (excluding diaryl/α,β-unsaturated/α-hetero) is 1. The number of halogens is 4. The van der Waals surface area contributed by atoms with Crippen molar-refractivity contribution in [3.63, 3.8) is 0 Å². The Labute approximate surface area is 109 Å². The van der Waals surface area contributed by atoms with Crippen LogP contribution < -0.4 is 0 Å². The van der Waals surface area contributed by atoms with Gasteiger partial charge in [0.15, 0.2) is 5.78 Å². The molecule has 0 aromatic heterocycles. The van der Waals surface area contributed by atoms with Gasteiger partial charge >= 0.3 is 0 Å². The highest BCUT2D eigenvalue weighted by atomic mass is 79.9. The van der Waals surface area contributed by atoms with Crippen molar-refractivity contribution in [3.05, 3.63) is 33.8 Å². The molecule has 0 amide bonds. The minimum Gasteiger partial charge on any atom is -0.297 e. The monoisotopic (exact) mass is 358 g/mol. The van der Waals surface area contributed by atoms with Crippen molar-refractivity contribution in [1.82, 2.24) is 0 Å². The zero-order valence-corrected chi connectivity index (χ0v) is 11.6. The van der Waals surface area contributed by atoms with E-state index in [0.717, 1.165) is 5.56 Å². The van der Waals surface area contributed by atoms with Gasteiger partial charge in [-0.3, -0.25) is 4.79 Å². The Morgan fingerprint density at radius 2 is 2.07 bits per heavy atom. The average molecular weight is 361 g/mol. The molecule has 0 radical (unpaired) electrons. The predicted octanol–water partition coefficient (Wildman–Crippen LogP) is 4.39. The molecule has 0 aliphatic carbocycles. The molecule has 1 atom stereocenters. The van der Waals surface area contributed by atoms with Crippen LogP contribution in [0.25, 0.3) is 0 Å². The molecule has 1 nitrogen and oxygen atoms in total. The molecule has 14 heavy (non-hydrogen) atoms. The lowest BCUT2D eigenvalue weighted by molar-refractivity contribution is -0.116. The summed E-state index contributed by atoms with van der Waals surface area (Å²) >= 11 is 18.1. The van der Waals surface area contributed by atoms with Gasteiger partial charge in [-0.25, -0.2) is 0 Å². The third-order valence-corrected chi connectivity index (χ3v) is 3.77. The summed E-state index contributed by atoms with van der Waals surface area (Å²) < 4.78 is 0. The minimum atomic E-state index is -0.383. The van der Waals surface area contributed by atoms with Crippen LogP contribution in [0.4, 0.5) is 0 Å². The number of ketones is 1. The van der Waals surface area contributed by atoms with Crippen LogP contribution in [0.15, 0.2) is 18.2 Å². The maximum Gasteiger partial charge on any atom is 0.161 e. The van der Waals surface area contributed by atoms with E-state index in [4.69, 9.17) is 23.2 Å². The highest BCUT2D eigenvalue weighted by molar-refractivity contribution is 9.10. The first kappa shape index (κ1) is 12.5. The maximum atomic E-state index is 11.4. The molecule has 0 aliphatic rings. The summed E-state index contributed by atoms with van der Waals surface area (Å²) in [5.74, 6) is 0.0224. The van der Waals surface area contributed by atoms with E-state index in [-0.39, 0.29) is 10.6 Å². The van der Waals surface area contributed by atoms with E-state index in [0.29, 0.717) is 15.4 Å². The first-order valence-electron chi connectivity index (χ1n) is 3.74. The number of carbonyl (C=O) groups is 1. The summed E-state index contributed by atoms with van der Waals surface area (Å²) in [7, 11) is 0. The summed E-state index contributed by atoms with van der Waals surface area (Å²) in [4.78, 5) is 11.0. The van der Waals surface area contributed by atoms with Crippen molar-refractivity contribution < 1.29 is 4.79 Å². The number of alkyl halides is 2. The molecule has 1 unspecified atom stereocenters. The third kappa shape index (κ3) is 2.96. The molecule has 0 saturated heterocycles. The fourth-order valence-corrected chi connectivity index (χ4v) is 2.92. The first-order chi connectivity index (χ1) is 6.56. The van der Waals surface area contributed by atoms with Gasteiger partial charge in [-0.2, -0.15) is 0 Å². The normalized spacial score (nSPS) is 12.6. The van der Waals surface area contributed by atoms with Gasteiger partial charge in [0.05, 0.1) is 5.33 Å². The number of hydrogen-bond donors (Lipinski definition) is 0. The summed E-state index contributed by atoms with van der Waals surface area (Å²) in [5.41, 5.74) is 0.737. The van der Waals surface area contributed by atoms with Crippen molar-refractivity contribution in [2.75, 3.05) is 5.33 Å². The van der Waals surface area contributed by atoms with E-state index >= 15 is 0 Å². The van der Waals surface area contributed by atoms with E-state index in [1.54, 1.807) is 18.2 Å². The topological polar surface area (TPSA) is 17.1 Å². The quantitative estimate of drug-likeness (QED) is 0.730. The fourth-order valence-electron chi connectivity index (χ4n) is 0.948. The predicted molar refractivity (Wildman–Crippen MR) is 66.9 cm³/mol. The fraction of sp³-hybridized carbons (Fsp3) is 0.222. The van der Waals surface area contributed by atoms with Crippen molar-refractivity contribution in [1.29, 1.82) is 0 Å². The Morgan fingerprint density at radius 1 is 1.43 bits per heavy atom. The van der Waals surface area contributed by atoms with Crippen LogP contribution in [0.5, 0.6) is 0 Å². The van der Waals surface area contributed by atoms with Crippen molar-refractivity contribution in [2.45, 2.75) is 4.83 Å². The van der Waals surface area contributed by atoms with E-state index in [2.05, 4.69) is 31.9 Å². The SMILES string of the molecule is O=C(CBr)C(Br)c1ccc(Cl)cc1Cl. The molecule has 0 aliphatic heterocycles. The molecular formula is C9H6Br2Cl2O. The molecule has 0 bridgehead atoms. The second-order valence-corrected chi connectivity index (χ2v) is 4.95. The summed E-state index contributed by atoms with van der Waals surface area (Å²) in [5, 5.41) is 1.35. The molecule has 0 fully saturated rings. The molecule has 0 heterocycles. The molecule has 1 aromatic carbocycles. The van der Waals surface area contributed by atoms with Gasteiger partial charge in [-0.15, -0.1) is 0 Å². The Morgan fingerprint density at radius 3 is 2.57 bits per heavy atom. The summed E-state index contributed by atoms with van der Waals surface area (Å²) in [6.45, 7) is 0. The van der Waals surface area contributed by atoms with Gasteiger partial charge in [-0.1, -0.05) is 61.1 Å². The van der Waals surface area contributed by atoms with Crippen LogP contribution >= 0.6 is 55.1 Å². The molecular weight excluding hydrogens is 355 g/mol. The van der Waals surface area contributed by atoms with Gasteiger partial charge in [0, 0.05) is 10.0 Å². The van der Waals surface area contributed by atoms with E-state index < -0.39 is 0 Å². The molecule has 5 heteroatoms. The smallest absolute Gasteiger partial charge is 0.161 e. The molecule has 0 N–H and O–H groups in total. The maximum absolute atomic E-state index is 11.4. The Balaban J connectivity index is 3.01. The Hall–Kier alpha value is 0.430. The molecule has 76 valence electrons. The van der Waals surface area contributed by atoms with Crippen LogP contribution in [-0.2, 0) is 4.79 Å². The average Bonchev–Trinajstić information content (AvgIpc) is 2.15. The first-order valence-corrected chi connectivity index (χ1v) is 6.53. The number of rotatable bonds is 3. The van der Waals surface area contributed by atoms with Crippen molar-refractivity contribution in [3.8, 4) is 0 Å². The van der Waals surface area contributed by atoms with Crippen molar-refractivity contribution in [2.24, 2.45) is 0 Å². The molecule has 0 spiro atoms. The molecule has 1 rings (SSSR count). The van der Waals surface area contributed by atoms with Crippen LogP contribution in [-0.4, -0.2) is 11.1 Å². The van der Waals surface area contributed by atoms with Crippen LogP contribution in [0.2, 0.25) is 10.0 Å². The van der Waals surface area contributed by atoms with E-state index in [1.807, 2.05) is 0 Å². The van der Waals surface area contributed by atoms with Gasteiger partial charge in [-0.05, 0) is 17.7 Å². The lowest BCUT2D eigenvalue weighted by Crippen LogP contribution is -2.07. The lowest BCUT2D eigenvalue weighted by Gasteiger charge is -2.09. The Kier molecular flexibility index (Phi) is 4.91. The second-order valence-electron chi connectivity index (χ2n) is 2.63. The van der Waals surface area contributed by atoms with Crippen molar-refractivity contribution >= 4 is 60.8 Å². The lowest BCUT2D eigenvalue weighted by atomic mass is 10.1. The standard InChI is InChI=1S/C9H6Br2Cl2O/c10-4-8(14)9(11)6-2-1-5(12)3-7(6)13/h1-3,9H,4H2. The van der Waals surface area contributed by atoms with Gasteiger partial charge < -0.3 is 0 Å². The minimum absolute atomic E-state index is 0.0224. The van der Waals surface area contributed by atoms with Crippen LogP contribution in [0.1, 0.15) is 10.4 Å². The van der Waals surface area contributed by atoms with E-state index in [9.17, 15) is 4.79 Å². The van der Waals surface area contributed by atoms with E-state index in [1.165, 1.54) is 0 Å².